The first-order valence-corrected chi connectivity index (χ1v) is 17.9. The molecule has 250 valence electrons. The molecule has 53 heavy (non-hydrogen) atoms. The molecule has 1 aliphatic carbocycles. The van der Waals surface area contributed by atoms with Crippen molar-refractivity contribution in [1.82, 2.24) is 29.3 Å². The molecule has 0 radical (unpaired) electrons. The van der Waals surface area contributed by atoms with E-state index in [4.69, 9.17) is 19.9 Å². The Kier molecular flexibility index (Phi) is 7.50. The zero-order valence-corrected chi connectivity index (χ0v) is 28.7. The van der Waals surface area contributed by atoms with Crippen LogP contribution in [0.5, 0.6) is 0 Å². The summed E-state index contributed by atoms with van der Waals surface area (Å²) in [5.41, 5.74) is 12.6. The molecule has 0 fully saturated rings. The van der Waals surface area contributed by atoms with Crippen molar-refractivity contribution >= 4 is 27.6 Å². The predicted octanol–water partition coefficient (Wildman–Crippen LogP) is 11.2. The van der Waals surface area contributed by atoms with Crippen LogP contribution in [0, 0.1) is 0 Å². The van der Waals surface area contributed by atoms with Gasteiger partial charge < -0.3 is 0 Å². The van der Waals surface area contributed by atoms with E-state index in [2.05, 4.69) is 131 Å². The van der Waals surface area contributed by atoms with Crippen molar-refractivity contribution in [3.63, 3.8) is 0 Å². The van der Waals surface area contributed by atoms with Gasteiger partial charge in [0.15, 0.2) is 11.5 Å². The molecule has 6 nitrogen and oxygen atoms in total. The van der Waals surface area contributed by atoms with Gasteiger partial charge in [0.1, 0.15) is 11.2 Å². The maximum atomic E-state index is 5.17. The van der Waals surface area contributed by atoms with Crippen LogP contribution in [0.4, 0.5) is 0 Å². The number of hydrogen-bond acceptors (Lipinski definition) is 5. The van der Waals surface area contributed by atoms with Crippen LogP contribution in [-0.2, 0) is 0 Å². The van der Waals surface area contributed by atoms with Crippen LogP contribution in [0.1, 0.15) is 17.9 Å². The summed E-state index contributed by atoms with van der Waals surface area (Å²) < 4.78 is 2.06. The third-order valence-corrected chi connectivity index (χ3v) is 10.0. The Morgan fingerprint density at radius 3 is 2.08 bits per heavy atom. The van der Waals surface area contributed by atoms with Gasteiger partial charge in [-0.2, -0.15) is 0 Å². The smallest absolute Gasteiger partial charge is 0.165 e. The Labute approximate surface area is 306 Å². The van der Waals surface area contributed by atoms with Crippen molar-refractivity contribution in [2.45, 2.75) is 12.3 Å². The van der Waals surface area contributed by atoms with E-state index in [-0.39, 0.29) is 0 Å². The van der Waals surface area contributed by atoms with Crippen molar-refractivity contribution in [2.75, 3.05) is 0 Å². The zero-order chi connectivity index (χ0) is 35.1. The van der Waals surface area contributed by atoms with Gasteiger partial charge in [-0.05, 0) is 59.5 Å². The van der Waals surface area contributed by atoms with Gasteiger partial charge in [-0.3, -0.25) is 9.38 Å². The SMILES string of the molecule is C1=CCC(c2cccc(-c3nc(-c4ccc(-c5ccc(-c6nc7c(nc8ccccn87)c7ccccc67)cc5)cc4)cc(-c4ccccn4)n3)c2)C=C1. The van der Waals surface area contributed by atoms with Gasteiger partial charge in [-0.1, -0.05) is 127 Å². The highest BCUT2D eigenvalue weighted by Gasteiger charge is 2.17. The second-order valence-corrected chi connectivity index (χ2v) is 13.3. The van der Waals surface area contributed by atoms with Gasteiger partial charge >= 0.3 is 0 Å². The molecule has 5 aromatic heterocycles. The van der Waals surface area contributed by atoms with Crippen LogP contribution in [-0.4, -0.2) is 29.3 Å². The second kappa shape index (κ2) is 12.9. The van der Waals surface area contributed by atoms with Gasteiger partial charge in [-0.15, -0.1) is 0 Å². The number of imidazole rings is 1. The molecule has 4 aromatic carbocycles. The lowest BCUT2D eigenvalue weighted by molar-refractivity contribution is 0.854. The van der Waals surface area contributed by atoms with E-state index in [0.29, 0.717) is 11.7 Å². The Bertz CT molecular complexity index is 2850. The minimum absolute atomic E-state index is 0.344. The lowest BCUT2D eigenvalue weighted by Gasteiger charge is -2.15. The minimum atomic E-state index is 0.344. The Balaban J connectivity index is 0.993. The number of nitrogens with zero attached hydrogens (tertiary/aromatic N) is 6. The molecule has 0 N–H and O–H groups in total. The number of aromatic nitrogens is 6. The van der Waals surface area contributed by atoms with Gasteiger partial charge in [0.2, 0.25) is 0 Å². The summed E-state index contributed by atoms with van der Waals surface area (Å²) in [6.07, 6.45) is 13.5. The number of allylic oxidation sites excluding steroid dienone is 4. The number of hydrogen-bond donors (Lipinski definition) is 0. The molecule has 1 aliphatic rings. The Morgan fingerprint density at radius 2 is 1.28 bits per heavy atom. The van der Waals surface area contributed by atoms with E-state index >= 15 is 0 Å². The van der Waals surface area contributed by atoms with Crippen LogP contribution in [0.2, 0.25) is 0 Å². The van der Waals surface area contributed by atoms with Crippen LogP contribution < -0.4 is 0 Å². The van der Waals surface area contributed by atoms with Crippen LogP contribution in [0.3, 0.4) is 0 Å². The second-order valence-electron chi connectivity index (χ2n) is 13.3. The molecule has 0 spiro atoms. The first-order chi connectivity index (χ1) is 26.2. The third kappa shape index (κ3) is 5.67. The van der Waals surface area contributed by atoms with E-state index in [1.54, 1.807) is 6.20 Å². The van der Waals surface area contributed by atoms with Gasteiger partial charge in [0, 0.05) is 45.8 Å². The van der Waals surface area contributed by atoms with Crippen LogP contribution >= 0.6 is 0 Å². The molecule has 1 atom stereocenters. The molecule has 0 bridgehead atoms. The fraction of sp³-hybridized carbons (Fsp3) is 0.0426. The largest absolute Gasteiger partial charge is 0.284 e. The molecule has 0 saturated carbocycles. The number of fused-ring (bicyclic) bond motifs is 5. The van der Waals surface area contributed by atoms with Gasteiger partial charge in [0.05, 0.1) is 22.8 Å². The number of benzene rings is 4. The average molecular weight is 681 g/mol. The third-order valence-electron chi connectivity index (χ3n) is 10.0. The Hall–Kier alpha value is -7.05. The summed E-state index contributed by atoms with van der Waals surface area (Å²) in [6, 6.07) is 48.2. The summed E-state index contributed by atoms with van der Waals surface area (Å²) in [5, 5.41) is 2.19. The van der Waals surface area contributed by atoms with Gasteiger partial charge in [0.25, 0.3) is 0 Å². The zero-order valence-electron chi connectivity index (χ0n) is 28.7. The van der Waals surface area contributed by atoms with E-state index in [0.717, 1.165) is 84.6 Å². The first-order valence-electron chi connectivity index (χ1n) is 17.9. The topological polar surface area (TPSA) is 68.9 Å². The van der Waals surface area contributed by atoms with Gasteiger partial charge in [-0.25, -0.2) is 19.9 Å². The fourth-order valence-corrected chi connectivity index (χ4v) is 7.31. The number of pyridine rings is 3. The van der Waals surface area contributed by atoms with E-state index < -0.39 is 0 Å². The van der Waals surface area contributed by atoms with Crippen molar-refractivity contribution < 1.29 is 0 Å². The molecule has 1 unspecified atom stereocenters. The molecule has 6 heteroatoms. The number of rotatable bonds is 6. The average Bonchev–Trinajstić information content (AvgIpc) is 3.63. The molecule has 5 heterocycles. The molecule has 10 rings (SSSR count). The van der Waals surface area contributed by atoms with Crippen molar-refractivity contribution in [3.05, 3.63) is 182 Å². The van der Waals surface area contributed by atoms with Crippen molar-refractivity contribution in [3.8, 4) is 56.4 Å². The highest BCUT2D eigenvalue weighted by Crippen LogP contribution is 2.35. The van der Waals surface area contributed by atoms with E-state index in [1.807, 2.05) is 48.7 Å². The quantitative estimate of drug-likeness (QED) is 0.175. The summed E-state index contributed by atoms with van der Waals surface area (Å²) in [7, 11) is 0. The van der Waals surface area contributed by atoms with Crippen LogP contribution in [0.25, 0.3) is 84.0 Å². The highest BCUT2D eigenvalue weighted by atomic mass is 15.1. The lowest BCUT2D eigenvalue weighted by atomic mass is 9.91. The summed E-state index contributed by atoms with van der Waals surface area (Å²) in [5.74, 6) is 1.03. The predicted molar refractivity (Wildman–Crippen MR) is 214 cm³/mol. The molecular weight excluding hydrogens is 649 g/mol. The summed E-state index contributed by atoms with van der Waals surface area (Å²) in [4.78, 5) is 24.8. The molecular formula is C47H32N6. The fourth-order valence-electron chi connectivity index (χ4n) is 7.31. The Morgan fingerprint density at radius 1 is 0.528 bits per heavy atom. The molecule has 0 amide bonds. The minimum Gasteiger partial charge on any atom is -0.284 e. The lowest BCUT2D eigenvalue weighted by Crippen LogP contribution is -1.99. The monoisotopic (exact) mass is 680 g/mol. The molecule has 0 aliphatic heterocycles. The van der Waals surface area contributed by atoms with Crippen molar-refractivity contribution in [2.24, 2.45) is 0 Å². The summed E-state index contributed by atoms with van der Waals surface area (Å²) >= 11 is 0. The molecule has 9 aromatic rings. The maximum Gasteiger partial charge on any atom is 0.165 e. The van der Waals surface area contributed by atoms with Crippen LogP contribution in [0.15, 0.2) is 176 Å². The standard InChI is InChI=1S/C47H32N6/c1-2-11-31(12-3-1)36-13-10-14-37(29-36)46-49-41(30-42(50-46)40-17-6-8-27-48-40)34-23-19-32(20-24-34)33-21-25-35(26-22-33)44-38-15-4-5-16-39(38)45-47(52-44)53-28-9-7-18-43(53)51-45/h1-11,13-31H,12H2. The first kappa shape index (κ1) is 30.7. The van der Waals surface area contributed by atoms with Crippen molar-refractivity contribution in [1.29, 1.82) is 0 Å². The summed E-state index contributed by atoms with van der Waals surface area (Å²) in [6.45, 7) is 0. The molecule has 0 saturated heterocycles. The highest BCUT2D eigenvalue weighted by molar-refractivity contribution is 6.09. The van der Waals surface area contributed by atoms with E-state index in [9.17, 15) is 0 Å². The van der Waals surface area contributed by atoms with E-state index in [1.165, 1.54) is 5.56 Å². The normalized spacial score (nSPS) is 14.0. The maximum absolute atomic E-state index is 5.17.